The molecule has 1 heterocycles. The third-order valence-corrected chi connectivity index (χ3v) is 4.93. The van der Waals surface area contributed by atoms with Crippen molar-refractivity contribution in [3.8, 4) is 6.07 Å². The van der Waals surface area contributed by atoms with Gasteiger partial charge in [0, 0.05) is 18.0 Å². The second kappa shape index (κ2) is 3.31. The quantitative estimate of drug-likeness (QED) is 0.765. The van der Waals surface area contributed by atoms with Crippen LogP contribution in [0.25, 0.3) is 0 Å². The molecule has 2 aliphatic carbocycles. The van der Waals surface area contributed by atoms with E-state index in [1.165, 1.54) is 19.3 Å². The highest BCUT2D eigenvalue weighted by Crippen LogP contribution is 2.57. The zero-order valence-electron chi connectivity index (χ0n) is 8.65. The average molecular weight is 218 g/mol. The first-order valence-electron chi connectivity index (χ1n) is 5.62. The van der Waals surface area contributed by atoms with Gasteiger partial charge in [0.25, 0.3) is 0 Å². The first kappa shape index (κ1) is 9.35. The zero-order chi connectivity index (χ0) is 10.3. The molecule has 2 bridgehead atoms. The highest BCUT2D eigenvalue weighted by atomic mass is 32.1. The van der Waals surface area contributed by atoms with Crippen LogP contribution in [0.1, 0.15) is 30.7 Å². The molecule has 0 aromatic carbocycles. The van der Waals surface area contributed by atoms with Crippen LogP contribution in [0.15, 0.2) is 11.6 Å². The number of aromatic nitrogens is 1. The molecule has 3 atom stereocenters. The van der Waals surface area contributed by atoms with Crippen LogP contribution in [0.5, 0.6) is 0 Å². The molecule has 2 fully saturated rings. The summed E-state index contributed by atoms with van der Waals surface area (Å²) in [4.78, 5) is 4.32. The maximum absolute atomic E-state index is 9.46. The van der Waals surface area contributed by atoms with E-state index in [0.717, 1.165) is 23.8 Å². The first-order chi connectivity index (χ1) is 7.32. The molecule has 1 aromatic heterocycles. The van der Waals surface area contributed by atoms with Crippen molar-refractivity contribution in [1.29, 1.82) is 5.26 Å². The Hall–Kier alpha value is -0.880. The van der Waals surface area contributed by atoms with Crippen molar-refractivity contribution >= 4 is 11.3 Å². The van der Waals surface area contributed by atoms with Crippen LogP contribution < -0.4 is 0 Å². The lowest BCUT2D eigenvalue weighted by molar-refractivity contribution is 0.239. The largest absolute Gasteiger partial charge is 0.250 e. The molecule has 2 aliphatic rings. The summed E-state index contributed by atoms with van der Waals surface area (Å²) in [6.07, 6.45) is 7.77. The first-order valence-corrected chi connectivity index (χ1v) is 6.50. The van der Waals surface area contributed by atoms with Crippen LogP contribution in [0, 0.1) is 28.6 Å². The molecule has 0 N–H and O–H groups in total. The predicted molar refractivity (Wildman–Crippen MR) is 59.3 cm³/mol. The summed E-state index contributed by atoms with van der Waals surface area (Å²) in [6.45, 7) is 0. The van der Waals surface area contributed by atoms with Crippen LogP contribution in [-0.2, 0) is 6.42 Å². The number of hydrogen-bond donors (Lipinski definition) is 0. The van der Waals surface area contributed by atoms with Crippen molar-refractivity contribution in [1.82, 2.24) is 4.98 Å². The summed E-state index contributed by atoms with van der Waals surface area (Å²) in [5.74, 6) is 1.48. The fraction of sp³-hybridized carbons (Fsp3) is 0.667. The molecular formula is C12H14N2S. The van der Waals surface area contributed by atoms with Gasteiger partial charge in [-0.3, -0.25) is 0 Å². The number of hydrogen-bond acceptors (Lipinski definition) is 3. The van der Waals surface area contributed by atoms with E-state index in [1.807, 2.05) is 11.6 Å². The second-order valence-corrected chi connectivity index (χ2v) is 5.93. The molecule has 15 heavy (non-hydrogen) atoms. The fourth-order valence-corrected chi connectivity index (χ4v) is 4.19. The smallest absolute Gasteiger partial charge is 0.0940 e. The summed E-state index contributed by atoms with van der Waals surface area (Å²) in [7, 11) is 0. The van der Waals surface area contributed by atoms with Crippen molar-refractivity contribution in [2.24, 2.45) is 17.3 Å². The Kier molecular flexibility index (Phi) is 2.07. The highest BCUT2D eigenvalue weighted by Gasteiger charge is 2.51. The molecule has 0 amide bonds. The molecule has 0 radical (unpaired) electrons. The average Bonchev–Trinajstić information content (AvgIpc) is 2.93. The summed E-state index contributed by atoms with van der Waals surface area (Å²) in [6, 6.07) is 2.61. The van der Waals surface area contributed by atoms with Gasteiger partial charge in [0.2, 0.25) is 0 Å². The molecule has 3 rings (SSSR count). The van der Waals surface area contributed by atoms with Gasteiger partial charge in [-0.2, -0.15) is 5.26 Å². The highest BCUT2D eigenvalue weighted by molar-refractivity contribution is 7.09. The second-order valence-electron chi connectivity index (χ2n) is 4.95. The minimum atomic E-state index is -0.0687. The van der Waals surface area contributed by atoms with E-state index in [0.29, 0.717) is 5.92 Å². The Balaban J connectivity index is 1.86. The monoisotopic (exact) mass is 218 g/mol. The van der Waals surface area contributed by atoms with Gasteiger partial charge in [0.15, 0.2) is 0 Å². The molecule has 1 aromatic rings. The molecule has 0 aliphatic heterocycles. The minimum absolute atomic E-state index is 0.0687. The molecule has 78 valence electrons. The third kappa shape index (κ3) is 1.39. The van der Waals surface area contributed by atoms with Gasteiger partial charge >= 0.3 is 0 Å². The predicted octanol–water partition coefficient (Wildman–Crippen LogP) is 3.02. The van der Waals surface area contributed by atoms with E-state index in [1.54, 1.807) is 11.3 Å². The Bertz CT molecular complexity index is 392. The molecule has 2 nitrogen and oxygen atoms in total. The van der Waals surface area contributed by atoms with E-state index < -0.39 is 0 Å². The van der Waals surface area contributed by atoms with Crippen molar-refractivity contribution in [3.05, 3.63) is 16.6 Å². The van der Waals surface area contributed by atoms with Crippen LogP contribution in [-0.4, -0.2) is 4.98 Å². The van der Waals surface area contributed by atoms with Crippen molar-refractivity contribution < 1.29 is 0 Å². The Morgan fingerprint density at radius 1 is 1.60 bits per heavy atom. The topological polar surface area (TPSA) is 36.7 Å². The number of rotatable bonds is 2. The van der Waals surface area contributed by atoms with Crippen LogP contribution in [0.3, 0.4) is 0 Å². The maximum Gasteiger partial charge on any atom is 0.0940 e. The van der Waals surface area contributed by atoms with Crippen molar-refractivity contribution in [3.63, 3.8) is 0 Å². The molecular weight excluding hydrogens is 204 g/mol. The maximum atomic E-state index is 9.46. The van der Waals surface area contributed by atoms with E-state index in [9.17, 15) is 5.26 Å². The summed E-state index contributed by atoms with van der Waals surface area (Å²) in [5, 5.41) is 12.6. The van der Waals surface area contributed by atoms with Crippen molar-refractivity contribution in [2.45, 2.75) is 32.1 Å². The molecule has 0 spiro atoms. The van der Waals surface area contributed by atoms with E-state index in [-0.39, 0.29) is 5.41 Å². The van der Waals surface area contributed by atoms with Crippen molar-refractivity contribution in [2.75, 3.05) is 0 Å². The van der Waals surface area contributed by atoms with Gasteiger partial charge in [-0.05, 0) is 31.1 Å². The molecule has 3 heteroatoms. The van der Waals surface area contributed by atoms with Gasteiger partial charge in [-0.15, -0.1) is 11.3 Å². The molecule has 3 unspecified atom stereocenters. The number of fused-ring (bicyclic) bond motifs is 2. The Labute approximate surface area is 94.0 Å². The number of nitrogens with zero attached hydrogens (tertiary/aromatic N) is 2. The summed E-state index contributed by atoms with van der Waals surface area (Å²) >= 11 is 1.69. The summed E-state index contributed by atoms with van der Waals surface area (Å²) in [5.41, 5.74) is -0.0687. The van der Waals surface area contributed by atoms with Crippen LogP contribution >= 0.6 is 11.3 Å². The zero-order valence-corrected chi connectivity index (χ0v) is 9.46. The van der Waals surface area contributed by atoms with Gasteiger partial charge in [-0.25, -0.2) is 4.98 Å². The van der Waals surface area contributed by atoms with E-state index in [2.05, 4.69) is 11.1 Å². The van der Waals surface area contributed by atoms with Gasteiger partial charge < -0.3 is 0 Å². The Morgan fingerprint density at radius 2 is 2.53 bits per heavy atom. The fourth-order valence-electron chi connectivity index (χ4n) is 3.45. The lowest BCUT2D eigenvalue weighted by Crippen LogP contribution is -2.28. The van der Waals surface area contributed by atoms with E-state index >= 15 is 0 Å². The third-order valence-electron chi connectivity index (χ3n) is 4.15. The molecule has 0 saturated heterocycles. The molecule has 2 saturated carbocycles. The van der Waals surface area contributed by atoms with E-state index in [4.69, 9.17) is 0 Å². The lowest BCUT2D eigenvalue weighted by Gasteiger charge is -2.30. The number of nitriles is 1. The normalized spacial score (nSPS) is 38.1. The Morgan fingerprint density at radius 3 is 3.07 bits per heavy atom. The van der Waals surface area contributed by atoms with Crippen LogP contribution in [0.4, 0.5) is 0 Å². The summed E-state index contributed by atoms with van der Waals surface area (Å²) < 4.78 is 0. The SMILES string of the molecule is N#CC1(Cc2nccs2)CC2CCC1C2. The number of thiazole rings is 1. The minimum Gasteiger partial charge on any atom is -0.250 e. The standard InChI is InChI=1S/C12H14N2S/c13-8-12(7-11-14-3-4-15-11)6-9-1-2-10(12)5-9/h3-4,9-10H,1-2,5-7H2. The van der Waals surface area contributed by atoms with Gasteiger partial charge in [0.05, 0.1) is 16.5 Å². The van der Waals surface area contributed by atoms with Gasteiger partial charge in [0.1, 0.15) is 0 Å². The van der Waals surface area contributed by atoms with Gasteiger partial charge in [-0.1, -0.05) is 6.42 Å². The lowest BCUT2D eigenvalue weighted by atomic mass is 9.72. The van der Waals surface area contributed by atoms with Crippen LogP contribution in [0.2, 0.25) is 0 Å².